The summed E-state index contributed by atoms with van der Waals surface area (Å²) in [5, 5.41) is 10.8. The lowest BCUT2D eigenvalue weighted by atomic mass is 10.0. The predicted octanol–water partition coefficient (Wildman–Crippen LogP) is 1.61. The van der Waals surface area contributed by atoms with Crippen LogP contribution >= 0.6 is 0 Å². The van der Waals surface area contributed by atoms with Gasteiger partial charge in [0.05, 0.1) is 6.04 Å². The monoisotopic (exact) mass is 243 g/mol. The number of nitrogens with one attached hydrogen (secondary N) is 2. The van der Waals surface area contributed by atoms with Crippen LogP contribution in [0.25, 0.3) is 0 Å². The Morgan fingerprint density at radius 3 is 2.89 bits per heavy atom. The van der Waals surface area contributed by atoms with Crippen LogP contribution in [0.2, 0.25) is 0 Å². The standard InChI is InChI=1S/C13H17N5/c1-2-6-15-11(3-1)13-16-12(17-18-13)9-10-4-7-14-8-5-10/h4-5,7-8,11,15H,1-3,6,9H2,(H,16,17,18). The van der Waals surface area contributed by atoms with E-state index < -0.39 is 0 Å². The molecular weight excluding hydrogens is 226 g/mol. The topological polar surface area (TPSA) is 66.5 Å². The first kappa shape index (κ1) is 11.3. The molecule has 1 aliphatic heterocycles. The van der Waals surface area contributed by atoms with Gasteiger partial charge in [-0.15, -0.1) is 0 Å². The van der Waals surface area contributed by atoms with Crippen molar-refractivity contribution >= 4 is 0 Å². The van der Waals surface area contributed by atoms with E-state index in [0.717, 1.165) is 31.0 Å². The van der Waals surface area contributed by atoms with Gasteiger partial charge in [0.15, 0.2) is 5.82 Å². The van der Waals surface area contributed by atoms with Gasteiger partial charge < -0.3 is 5.32 Å². The number of pyridine rings is 1. The highest BCUT2D eigenvalue weighted by molar-refractivity contribution is 5.15. The molecule has 18 heavy (non-hydrogen) atoms. The third kappa shape index (κ3) is 2.56. The van der Waals surface area contributed by atoms with Gasteiger partial charge >= 0.3 is 0 Å². The molecule has 0 radical (unpaired) electrons. The highest BCUT2D eigenvalue weighted by Gasteiger charge is 2.18. The van der Waals surface area contributed by atoms with Gasteiger partial charge in [-0.25, -0.2) is 4.98 Å². The van der Waals surface area contributed by atoms with Crippen molar-refractivity contribution in [1.82, 2.24) is 25.5 Å². The van der Waals surface area contributed by atoms with E-state index in [1.54, 1.807) is 12.4 Å². The summed E-state index contributed by atoms with van der Waals surface area (Å²) < 4.78 is 0. The van der Waals surface area contributed by atoms with Crippen LogP contribution in [0.4, 0.5) is 0 Å². The smallest absolute Gasteiger partial charge is 0.167 e. The van der Waals surface area contributed by atoms with Crippen LogP contribution in [0, 0.1) is 0 Å². The van der Waals surface area contributed by atoms with E-state index in [4.69, 9.17) is 0 Å². The van der Waals surface area contributed by atoms with E-state index in [2.05, 4.69) is 25.5 Å². The Morgan fingerprint density at radius 2 is 2.11 bits per heavy atom. The Kier molecular flexibility index (Phi) is 3.32. The van der Waals surface area contributed by atoms with Crippen LogP contribution in [0.5, 0.6) is 0 Å². The molecule has 1 atom stereocenters. The van der Waals surface area contributed by atoms with Crippen LogP contribution in [0.15, 0.2) is 24.5 Å². The van der Waals surface area contributed by atoms with E-state index in [0.29, 0.717) is 6.04 Å². The normalized spacial score (nSPS) is 19.9. The molecular formula is C13H17N5. The molecule has 0 amide bonds. The van der Waals surface area contributed by atoms with Gasteiger partial charge in [-0.1, -0.05) is 6.42 Å². The van der Waals surface area contributed by atoms with Crippen molar-refractivity contribution in [1.29, 1.82) is 0 Å². The van der Waals surface area contributed by atoms with Crippen molar-refractivity contribution in [3.63, 3.8) is 0 Å². The Bertz CT molecular complexity index is 487. The molecule has 5 heteroatoms. The Hall–Kier alpha value is -1.75. The van der Waals surface area contributed by atoms with E-state index in [9.17, 15) is 0 Å². The summed E-state index contributed by atoms with van der Waals surface area (Å²) in [5.41, 5.74) is 1.20. The average molecular weight is 243 g/mol. The zero-order chi connectivity index (χ0) is 12.2. The summed E-state index contributed by atoms with van der Waals surface area (Å²) in [6.45, 7) is 1.07. The number of piperidine rings is 1. The lowest BCUT2D eigenvalue weighted by Gasteiger charge is -2.20. The Morgan fingerprint density at radius 1 is 1.22 bits per heavy atom. The van der Waals surface area contributed by atoms with E-state index in [-0.39, 0.29) is 0 Å². The first-order valence-electron chi connectivity index (χ1n) is 6.45. The second kappa shape index (κ2) is 5.27. The van der Waals surface area contributed by atoms with Crippen molar-refractivity contribution in [3.05, 3.63) is 41.7 Å². The van der Waals surface area contributed by atoms with Crippen molar-refractivity contribution < 1.29 is 0 Å². The van der Waals surface area contributed by atoms with Crippen molar-refractivity contribution in [2.24, 2.45) is 0 Å². The van der Waals surface area contributed by atoms with Gasteiger partial charge in [-0.05, 0) is 37.1 Å². The molecule has 3 heterocycles. The number of nitrogens with zero attached hydrogens (tertiary/aromatic N) is 3. The summed E-state index contributed by atoms with van der Waals surface area (Å²) in [5.74, 6) is 1.82. The van der Waals surface area contributed by atoms with Gasteiger partial charge in [-0.3, -0.25) is 10.1 Å². The molecule has 1 unspecified atom stereocenters. The SMILES string of the molecule is c1cc(Cc2nc(C3CCCCN3)n[nH]2)ccn1. The molecule has 1 saturated heterocycles. The van der Waals surface area contributed by atoms with Crippen LogP contribution < -0.4 is 5.32 Å². The van der Waals surface area contributed by atoms with Gasteiger partial charge in [0, 0.05) is 18.8 Å². The minimum Gasteiger partial charge on any atom is -0.307 e. The largest absolute Gasteiger partial charge is 0.307 e. The van der Waals surface area contributed by atoms with Crippen LogP contribution in [0.1, 0.15) is 42.5 Å². The molecule has 2 aromatic rings. The van der Waals surface area contributed by atoms with Crippen molar-refractivity contribution in [2.45, 2.75) is 31.7 Å². The maximum absolute atomic E-state index is 4.58. The highest BCUT2D eigenvalue weighted by atomic mass is 15.2. The number of aromatic amines is 1. The fourth-order valence-electron chi connectivity index (χ4n) is 2.31. The second-order valence-electron chi connectivity index (χ2n) is 4.68. The van der Waals surface area contributed by atoms with Gasteiger partial charge in [0.2, 0.25) is 0 Å². The molecule has 0 aromatic carbocycles. The van der Waals surface area contributed by atoms with Gasteiger partial charge in [0.1, 0.15) is 5.82 Å². The van der Waals surface area contributed by atoms with E-state index >= 15 is 0 Å². The van der Waals surface area contributed by atoms with Crippen LogP contribution in [0.3, 0.4) is 0 Å². The summed E-state index contributed by atoms with van der Waals surface area (Å²) in [6.07, 6.45) is 8.02. The second-order valence-corrected chi connectivity index (χ2v) is 4.68. The first-order valence-corrected chi connectivity index (χ1v) is 6.45. The molecule has 2 aromatic heterocycles. The maximum atomic E-state index is 4.58. The molecule has 0 saturated carbocycles. The summed E-state index contributed by atoms with van der Waals surface area (Å²) >= 11 is 0. The highest BCUT2D eigenvalue weighted by Crippen LogP contribution is 2.19. The Balaban J connectivity index is 1.69. The minimum atomic E-state index is 0.321. The molecule has 0 aliphatic carbocycles. The quantitative estimate of drug-likeness (QED) is 0.859. The van der Waals surface area contributed by atoms with Crippen molar-refractivity contribution in [3.8, 4) is 0 Å². The van der Waals surface area contributed by atoms with Gasteiger partial charge in [0.25, 0.3) is 0 Å². The third-order valence-corrected chi connectivity index (χ3v) is 3.29. The summed E-state index contributed by atoms with van der Waals surface area (Å²) in [7, 11) is 0. The molecule has 0 spiro atoms. The average Bonchev–Trinajstić information content (AvgIpc) is 2.89. The molecule has 2 N–H and O–H groups in total. The zero-order valence-corrected chi connectivity index (χ0v) is 10.3. The number of hydrogen-bond donors (Lipinski definition) is 2. The van der Waals surface area contributed by atoms with Crippen molar-refractivity contribution in [2.75, 3.05) is 6.54 Å². The number of aromatic nitrogens is 4. The molecule has 1 fully saturated rings. The van der Waals surface area contributed by atoms with Crippen LogP contribution in [-0.4, -0.2) is 26.7 Å². The van der Waals surface area contributed by atoms with E-state index in [1.807, 2.05) is 12.1 Å². The number of hydrogen-bond acceptors (Lipinski definition) is 4. The summed E-state index contributed by atoms with van der Waals surface area (Å²) in [6, 6.07) is 4.32. The molecule has 3 rings (SSSR count). The lowest BCUT2D eigenvalue weighted by Crippen LogP contribution is -2.27. The van der Waals surface area contributed by atoms with E-state index in [1.165, 1.54) is 18.4 Å². The molecule has 94 valence electrons. The fourth-order valence-corrected chi connectivity index (χ4v) is 2.31. The molecule has 1 aliphatic rings. The fraction of sp³-hybridized carbons (Fsp3) is 0.462. The molecule has 5 nitrogen and oxygen atoms in total. The zero-order valence-electron chi connectivity index (χ0n) is 10.3. The predicted molar refractivity (Wildman–Crippen MR) is 68.0 cm³/mol. The summed E-state index contributed by atoms with van der Waals surface area (Å²) in [4.78, 5) is 8.59. The molecule has 0 bridgehead atoms. The van der Waals surface area contributed by atoms with Crippen LogP contribution in [-0.2, 0) is 6.42 Å². The first-order chi connectivity index (χ1) is 8.92. The Labute approximate surface area is 106 Å². The lowest BCUT2D eigenvalue weighted by molar-refractivity contribution is 0.398. The number of H-pyrrole nitrogens is 1. The number of rotatable bonds is 3. The minimum absolute atomic E-state index is 0.321. The third-order valence-electron chi connectivity index (χ3n) is 3.29. The van der Waals surface area contributed by atoms with Gasteiger partial charge in [-0.2, -0.15) is 5.10 Å². The maximum Gasteiger partial charge on any atom is 0.167 e.